The van der Waals surface area contributed by atoms with Crippen molar-refractivity contribution in [3.05, 3.63) is 71.9 Å². The van der Waals surface area contributed by atoms with E-state index in [1.807, 2.05) is 24.3 Å². The first-order valence-electron chi connectivity index (χ1n) is 7.38. The number of carbonyl (C=O) groups excluding carboxylic acids is 1. The van der Waals surface area contributed by atoms with Gasteiger partial charge < -0.3 is 9.84 Å². The van der Waals surface area contributed by atoms with Gasteiger partial charge in [0.05, 0.1) is 18.7 Å². The zero-order valence-corrected chi connectivity index (χ0v) is 12.8. The quantitative estimate of drug-likeness (QED) is 0.732. The third kappa shape index (κ3) is 3.22. The third-order valence-electron chi connectivity index (χ3n) is 3.83. The van der Waals surface area contributed by atoms with Crippen molar-refractivity contribution in [3.8, 4) is 5.75 Å². The van der Waals surface area contributed by atoms with Crippen molar-refractivity contribution >= 4 is 16.7 Å². The van der Waals surface area contributed by atoms with Crippen LogP contribution in [-0.4, -0.2) is 23.0 Å². The summed E-state index contributed by atoms with van der Waals surface area (Å²) in [4.78, 5) is 16.6. The van der Waals surface area contributed by atoms with Gasteiger partial charge in [-0.25, -0.2) is 0 Å². The number of hydrogen-bond donors (Lipinski definition) is 1. The fourth-order valence-corrected chi connectivity index (χ4v) is 2.59. The Morgan fingerprint density at radius 1 is 1.13 bits per heavy atom. The molecule has 0 bridgehead atoms. The Morgan fingerprint density at radius 2 is 1.87 bits per heavy atom. The van der Waals surface area contributed by atoms with E-state index < -0.39 is 6.10 Å². The maximum absolute atomic E-state index is 12.3. The zero-order valence-electron chi connectivity index (χ0n) is 12.8. The Labute approximate surface area is 134 Å². The van der Waals surface area contributed by atoms with Gasteiger partial charge in [-0.05, 0) is 42.0 Å². The predicted molar refractivity (Wildman–Crippen MR) is 88.6 cm³/mol. The fourth-order valence-electron chi connectivity index (χ4n) is 2.59. The van der Waals surface area contributed by atoms with Gasteiger partial charge in [-0.1, -0.05) is 18.2 Å². The van der Waals surface area contributed by atoms with Gasteiger partial charge in [-0.15, -0.1) is 0 Å². The number of methoxy groups -OCH3 is 1. The number of aromatic nitrogens is 1. The summed E-state index contributed by atoms with van der Waals surface area (Å²) in [6.07, 6.45) is 0.816. The van der Waals surface area contributed by atoms with Crippen LogP contribution in [0.5, 0.6) is 5.75 Å². The van der Waals surface area contributed by atoms with Gasteiger partial charge in [-0.2, -0.15) is 0 Å². The molecule has 1 N–H and O–H groups in total. The van der Waals surface area contributed by atoms with E-state index in [4.69, 9.17) is 4.74 Å². The lowest BCUT2D eigenvalue weighted by Crippen LogP contribution is -2.08. The minimum atomic E-state index is -0.863. The van der Waals surface area contributed by atoms with Crippen LogP contribution in [0.25, 0.3) is 10.9 Å². The van der Waals surface area contributed by atoms with E-state index in [-0.39, 0.29) is 12.2 Å². The molecule has 0 amide bonds. The van der Waals surface area contributed by atoms with Gasteiger partial charge in [0.1, 0.15) is 5.75 Å². The first-order valence-corrected chi connectivity index (χ1v) is 7.38. The highest BCUT2D eigenvalue weighted by Crippen LogP contribution is 2.26. The van der Waals surface area contributed by atoms with Crippen molar-refractivity contribution in [1.82, 2.24) is 4.98 Å². The minimum Gasteiger partial charge on any atom is -0.497 e. The second-order valence-corrected chi connectivity index (χ2v) is 5.29. The maximum Gasteiger partial charge on any atom is 0.165 e. The normalized spacial score (nSPS) is 12.1. The number of ketones is 1. The largest absolute Gasteiger partial charge is 0.497 e. The van der Waals surface area contributed by atoms with Crippen LogP contribution in [0.2, 0.25) is 0 Å². The van der Waals surface area contributed by atoms with Crippen molar-refractivity contribution in [3.63, 3.8) is 0 Å². The highest BCUT2D eigenvalue weighted by Gasteiger charge is 2.17. The van der Waals surface area contributed by atoms with E-state index in [0.717, 1.165) is 16.5 Å². The van der Waals surface area contributed by atoms with Gasteiger partial charge >= 0.3 is 0 Å². The Bertz CT molecular complexity index is 822. The number of pyridine rings is 1. The lowest BCUT2D eigenvalue weighted by atomic mass is 9.97. The number of aliphatic hydroxyl groups excluding tert-OH is 1. The molecule has 23 heavy (non-hydrogen) atoms. The molecule has 1 aromatic heterocycles. The molecule has 0 aliphatic carbocycles. The number of hydrogen-bond acceptors (Lipinski definition) is 4. The highest BCUT2D eigenvalue weighted by atomic mass is 16.5. The summed E-state index contributed by atoms with van der Waals surface area (Å²) in [5.74, 6) is 0.586. The maximum atomic E-state index is 12.3. The summed E-state index contributed by atoms with van der Waals surface area (Å²) in [6, 6.07) is 16.2. The molecule has 0 saturated carbocycles. The van der Waals surface area contributed by atoms with Crippen LogP contribution in [0.1, 0.15) is 28.4 Å². The SMILES string of the molecule is COc1ccc(C(=O)CC(O)c2ccnc3ccccc23)cc1. The summed E-state index contributed by atoms with van der Waals surface area (Å²) in [5.41, 5.74) is 2.08. The standard InChI is InChI=1S/C19H17NO3/c1-23-14-8-6-13(7-9-14)18(21)12-19(22)16-10-11-20-17-5-3-2-4-15(16)17/h2-11,19,22H,12H2,1H3. The zero-order chi connectivity index (χ0) is 16.2. The summed E-state index contributed by atoms with van der Waals surface area (Å²) >= 11 is 0. The molecule has 3 rings (SSSR count). The van der Waals surface area contributed by atoms with Gasteiger partial charge in [0.2, 0.25) is 0 Å². The summed E-state index contributed by atoms with van der Waals surface area (Å²) < 4.78 is 5.08. The Kier molecular flexibility index (Phi) is 4.35. The molecule has 0 spiro atoms. The van der Waals surface area contributed by atoms with Crippen LogP contribution in [-0.2, 0) is 0 Å². The molecule has 116 valence electrons. The van der Waals surface area contributed by atoms with Crippen molar-refractivity contribution < 1.29 is 14.6 Å². The van der Waals surface area contributed by atoms with Crippen molar-refractivity contribution in [1.29, 1.82) is 0 Å². The molecule has 1 heterocycles. The molecule has 4 heteroatoms. The Morgan fingerprint density at radius 3 is 2.61 bits per heavy atom. The lowest BCUT2D eigenvalue weighted by Gasteiger charge is -2.13. The van der Waals surface area contributed by atoms with E-state index >= 15 is 0 Å². The van der Waals surface area contributed by atoms with Crippen molar-refractivity contribution in [2.24, 2.45) is 0 Å². The monoisotopic (exact) mass is 307 g/mol. The predicted octanol–water partition coefficient (Wildman–Crippen LogP) is 3.55. The Hall–Kier alpha value is -2.72. The number of nitrogens with zero attached hydrogens (tertiary/aromatic N) is 1. The molecular formula is C19H17NO3. The molecular weight excluding hydrogens is 290 g/mol. The van der Waals surface area contributed by atoms with Crippen molar-refractivity contribution in [2.75, 3.05) is 7.11 Å². The molecule has 1 atom stereocenters. The molecule has 0 aliphatic heterocycles. The number of rotatable bonds is 5. The molecule has 3 aromatic rings. The molecule has 4 nitrogen and oxygen atoms in total. The van der Waals surface area contributed by atoms with E-state index in [2.05, 4.69) is 4.98 Å². The first-order chi connectivity index (χ1) is 11.2. The van der Waals surface area contributed by atoms with Crippen LogP contribution < -0.4 is 4.74 Å². The average Bonchev–Trinajstić information content (AvgIpc) is 2.61. The van der Waals surface area contributed by atoms with Gasteiger partial charge in [0, 0.05) is 23.6 Å². The Balaban J connectivity index is 1.82. The highest BCUT2D eigenvalue weighted by molar-refractivity contribution is 5.97. The van der Waals surface area contributed by atoms with Gasteiger partial charge in [0.15, 0.2) is 5.78 Å². The first kappa shape index (κ1) is 15.2. The topological polar surface area (TPSA) is 59.4 Å². The van der Waals surface area contributed by atoms with Crippen LogP contribution in [0, 0.1) is 0 Å². The van der Waals surface area contributed by atoms with Gasteiger partial charge in [-0.3, -0.25) is 9.78 Å². The van der Waals surface area contributed by atoms with Crippen LogP contribution >= 0.6 is 0 Å². The van der Waals surface area contributed by atoms with E-state index in [0.29, 0.717) is 11.3 Å². The summed E-state index contributed by atoms with van der Waals surface area (Å²) in [5, 5.41) is 11.3. The molecule has 0 fully saturated rings. The number of fused-ring (bicyclic) bond motifs is 1. The molecule has 0 saturated heterocycles. The number of carbonyl (C=O) groups is 1. The molecule has 0 radical (unpaired) electrons. The summed E-state index contributed by atoms with van der Waals surface area (Å²) in [7, 11) is 1.58. The van der Waals surface area contributed by atoms with Crippen LogP contribution in [0.3, 0.4) is 0 Å². The lowest BCUT2D eigenvalue weighted by molar-refractivity contribution is 0.0882. The molecule has 0 aliphatic rings. The van der Waals surface area contributed by atoms with Crippen molar-refractivity contribution in [2.45, 2.75) is 12.5 Å². The van der Waals surface area contributed by atoms with E-state index in [1.165, 1.54) is 0 Å². The number of ether oxygens (including phenoxy) is 1. The van der Waals surface area contributed by atoms with Crippen LogP contribution in [0.15, 0.2) is 60.8 Å². The second-order valence-electron chi connectivity index (χ2n) is 5.29. The molecule has 1 unspecified atom stereocenters. The average molecular weight is 307 g/mol. The third-order valence-corrected chi connectivity index (χ3v) is 3.83. The second kappa shape index (κ2) is 6.58. The fraction of sp³-hybridized carbons (Fsp3) is 0.158. The van der Waals surface area contributed by atoms with E-state index in [9.17, 15) is 9.90 Å². The van der Waals surface area contributed by atoms with Crippen LogP contribution in [0.4, 0.5) is 0 Å². The minimum absolute atomic E-state index is 0.0281. The molecule has 2 aromatic carbocycles. The summed E-state index contributed by atoms with van der Waals surface area (Å²) in [6.45, 7) is 0. The number of Topliss-reactive ketones (excluding diaryl/α,β-unsaturated/α-hetero) is 1. The number of aliphatic hydroxyl groups is 1. The smallest absolute Gasteiger partial charge is 0.165 e. The van der Waals surface area contributed by atoms with E-state index in [1.54, 1.807) is 43.6 Å². The van der Waals surface area contributed by atoms with Gasteiger partial charge in [0.25, 0.3) is 0 Å². The number of benzene rings is 2. The number of para-hydroxylation sites is 1.